The molecule has 0 fully saturated rings. The minimum Gasteiger partial charge on any atom is -0.325 e. The van der Waals surface area contributed by atoms with Crippen molar-refractivity contribution in [3.63, 3.8) is 0 Å². The van der Waals surface area contributed by atoms with E-state index in [0.29, 0.717) is 12.6 Å². The fraction of sp³-hybridized carbons (Fsp3) is 0.400. The summed E-state index contributed by atoms with van der Waals surface area (Å²) in [6.07, 6.45) is -1.83. The van der Waals surface area contributed by atoms with Crippen LogP contribution in [-0.2, 0) is 11.0 Å². The van der Waals surface area contributed by atoms with Gasteiger partial charge >= 0.3 is 6.18 Å². The average molecular weight is 232 g/mol. The number of hydrogen-bond acceptors (Lipinski definition) is 2. The van der Waals surface area contributed by atoms with Gasteiger partial charge in [0.15, 0.2) is 0 Å². The molecule has 1 aromatic rings. The predicted octanol–water partition coefficient (Wildman–Crippen LogP) is 2.84. The molecule has 88 valence electrons. The van der Waals surface area contributed by atoms with Crippen LogP contribution >= 0.6 is 0 Å². The van der Waals surface area contributed by atoms with Gasteiger partial charge in [0.2, 0.25) is 5.91 Å². The fourth-order valence-corrected chi connectivity index (χ4v) is 1.17. The Morgan fingerprint density at radius 3 is 2.75 bits per heavy atom. The highest BCUT2D eigenvalue weighted by Gasteiger charge is 2.34. The van der Waals surface area contributed by atoms with Crippen LogP contribution in [0.25, 0.3) is 0 Å². The summed E-state index contributed by atoms with van der Waals surface area (Å²) in [5.41, 5.74) is -1.18. The summed E-state index contributed by atoms with van der Waals surface area (Å²) >= 11 is 0. The third kappa shape index (κ3) is 3.22. The van der Waals surface area contributed by atoms with Crippen molar-refractivity contribution in [3.05, 3.63) is 24.0 Å². The van der Waals surface area contributed by atoms with Gasteiger partial charge in [-0.25, -0.2) is 0 Å². The van der Waals surface area contributed by atoms with Gasteiger partial charge in [-0.1, -0.05) is 6.92 Å². The summed E-state index contributed by atoms with van der Waals surface area (Å²) < 4.78 is 37.5. The van der Waals surface area contributed by atoms with Crippen molar-refractivity contribution in [2.24, 2.45) is 0 Å². The Morgan fingerprint density at radius 2 is 2.19 bits per heavy atom. The van der Waals surface area contributed by atoms with Crippen LogP contribution in [0.5, 0.6) is 0 Å². The summed E-state index contributed by atoms with van der Waals surface area (Å²) in [5, 5.41) is 2.22. The number of alkyl halides is 3. The largest absolute Gasteiger partial charge is 0.419 e. The molecule has 0 radical (unpaired) electrons. The number of pyridine rings is 1. The highest BCUT2D eigenvalue weighted by atomic mass is 19.4. The van der Waals surface area contributed by atoms with Crippen LogP contribution in [0.1, 0.15) is 25.3 Å². The Labute approximate surface area is 90.7 Å². The van der Waals surface area contributed by atoms with Gasteiger partial charge in [0.05, 0.1) is 11.3 Å². The summed E-state index contributed by atoms with van der Waals surface area (Å²) in [4.78, 5) is 14.6. The van der Waals surface area contributed by atoms with Crippen molar-refractivity contribution in [2.45, 2.75) is 25.9 Å². The minimum atomic E-state index is -4.51. The number of carbonyl (C=O) groups is 1. The third-order valence-corrected chi connectivity index (χ3v) is 1.88. The molecule has 0 bridgehead atoms. The number of nitrogens with one attached hydrogen (secondary N) is 1. The molecule has 0 unspecified atom stereocenters. The van der Waals surface area contributed by atoms with E-state index in [4.69, 9.17) is 0 Å². The molecular formula is C10H11F3N2O. The first-order valence-corrected chi connectivity index (χ1v) is 4.76. The Bertz CT molecular complexity index is 377. The summed E-state index contributed by atoms with van der Waals surface area (Å²) in [7, 11) is 0. The van der Waals surface area contributed by atoms with Crippen molar-refractivity contribution in [2.75, 3.05) is 5.32 Å². The van der Waals surface area contributed by atoms with Crippen molar-refractivity contribution in [1.82, 2.24) is 4.98 Å². The van der Waals surface area contributed by atoms with Gasteiger partial charge in [-0.2, -0.15) is 13.2 Å². The van der Waals surface area contributed by atoms with Gasteiger partial charge in [0.1, 0.15) is 0 Å². The molecule has 1 rings (SSSR count). The third-order valence-electron chi connectivity index (χ3n) is 1.88. The van der Waals surface area contributed by atoms with Crippen molar-refractivity contribution < 1.29 is 18.0 Å². The Kier molecular flexibility index (Phi) is 3.87. The molecule has 0 aliphatic rings. The summed E-state index contributed by atoms with van der Waals surface area (Å²) in [5.74, 6) is -0.431. The van der Waals surface area contributed by atoms with Gasteiger partial charge in [0.25, 0.3) is 0 Å². The molecule has 1 aromatic heterocycles. The van der Waals surface area contributed by atoms with E-state index in [9.17, 15) is 18.0 Å². The maximum Gasteiger partial charge on any atom is 0.419 e. The highest BCUT2D eigenvalue weighted by Crippen LogP contribution is 2.33. The maximum absolute atomic E-state index is 12.5. The number of rotatable bonds is 3. The van der Waals surface area contributed by atoms with Gasteiger partial charge in [-0.3, -0.25) is 9.78 Å². The van der Waals surface area contributed by atoms with Gasteiger partial charge < -0.3 is 5.32 Å². The van der Waals surface area contributed by atoms with Crippen LogP contribution in [0.2, 0.25) is 0 Å². The predicted molar refractivity (Wildman–Crippen MR) is 52.8 cm³/mol. The second kappa shape index (κ2) is 4.96. The minimum absolute atomic E-state index is 0.194. The first kappa shape index (κ1) is 12.5. The molecule has 6 heteroatoms. The molecule has 0 spiro atoms. The lowest BCUT2D eigenvalue weighted by molar-refractivity contribution is -0.137. The molecule has 0 aromatic carbocycles. The Morgan fingerprint density at radius 1 is 1.50 bits per heavy atom. The van der Waals surface area contributed by atoms with E-state index >= 15 is 0 Å². The SMILES string of the molecule is CCCC(=O)Nc1ccncc1C(F)(F)F. The maximum atomic E-state index is 12.5. The van der Waals surface area contributed by atoms with Crippen molar-refractivity contribution >= 4 is 11.6 Å². The van der Waals surface area contributed by atoms with E-state index in [1.165, 1.54) is 6.20 Å². The van der Waals surface area contributed by atoms with Gasteiger partial charge in [0, 0.05) is 18.8 Å². The Hall–Kier alpha value is -1.59. The fourth-order valence-electron chi connectivity index (χ4n) is 1.17. The van der Waals surface area contributed by atoms with Crippen LogP contribution in [0.3, 0.4) is 0 Å². The second-order valence-electron chi connectivity index (χ2n) is 3.22. The number of hydrogen-bond donors (Lipinski definition) is 1. The highest BCUT2D eigenvalue weighted by molar-refractivity contribution is 5.91. The molecule has 0 aliphatic carbocycles. The van der Waals surface area contributed by atoms with E-state index < -0.39 is 17.6 Å². The number of nitrogens with zero attached hydrogens (tertiary/aromatic N) is 1. The van der Waals surface area contributed by atoms with Crippen LogP contribution in [-0.4, -0.2) is 10.9 Å². The molecule has 3 nitrogen and oxygen atoms in total. The lowest BCUT2D eigenvalue weighted by Crippen LogP contribution is -2.16. The van der Waals surface area contributed by atoms with Crippen molar-refractivity contribution in [1.29, 1.82) is 0 Å². The molecule has 0 atom stereocenters. The van der Waals surface area contributed by atoms with E-state index in [-0.39, 0.29) is 12.1 Å². The Balaban J connectivity index is 2.92. The molecule has 16 heavy (non-hydrogen) atoms. The number of halogens is 3. The number of anilines is 1. The number of carbonyl (C=O) groups excluding carboxylic acids is 1. The molecule has 0 saturated heterocycles. The van der Waals surface area contributed by atoms with Crippen LogP contribution in [0.15, 0.2) is 18.5 Å². The first-order valence-electron chi connectivity index (χ1n) is 4.76. The van der Waals surface area contributed by atoms with E-state index in [0.717, 1.165) is 6.07 Å². The van der Waals surface area contributed by atoms with E-state index in [2.05, 4.69) is 10.3 Å². The molecule has 1 heterocycles. The number of amides is 1. The number of aromatic nitrogens is 1. The van der Waals surface area contributed by atoms with Crippen molar-refractivity contribution in [3.8, 4) is 0 Å². The first-order chi connectivity index (χ1) is 7.45. The smallest absolute Gasteiger partial charge is 0.325 e. The zero-order valence-corrected chi connectivity index (χ0v) is 8.64. The topological polar surface area (TPSA) is 42.0 Å². The quantitative estimate of drug-likeness (QED) is 0.870. The molecular weight excluding hydrogens is 221 g/mol. The van der Waals surface area contributed by atoms with Gasteiger partial charge in [-0.05, 0) is 12.5 Å². The normalized spacial score (nSPS) is 11.2. The van der Waals surface area contributed by atoms with Crippen LogP contribution < -0.4 is 5.32 Å². The lowest BCUT2D eigenvalue weighted by atomic mass is 10.2. The lowest BCUT2D eigenvalue weighted by Gasteiger charge is -2.12. The summed E-state index contributed by atoms with van der Waals surface area (Å²) in [6, 6.07) is 1.14. The zero-order valence-electron chi connectivity index (χ0n) is 8.64. The summed E-state index contributed by atoms with van der Waals surface area (Å²) in [6.45, 7) is 1.77. The standard InChI is InChI=1S/C10H11F3N2O/c1-2-3-9(16)15-8-4-5-14-6-7(8)10(11,12)13/h4-6H,2-3H2,1H3,(H,14,15,16). The zero-order chi connectivity index (χ0) is 12.2. The molecule has 0 saturated carbocycles. The molecule has 0 aliphatic heterocycles. The second-order valence-corrected chi connectivity index (χ2v) is 3.22. The van der Waals surface area contributed by atoms with Crippen LogP contribution in [0, 0.1) is 0 Å². The molecule has 1 amide bonds. The molecule has 1 N–H and O–H groups in total. The monoisotopic (exact) mass is 232 g/mol. The van der Waals surface area contributed by atoms with Crippen LogP contribution in [0.4, 0.5) is 18.9 Å². The average Bonchev–Trinajstić information content (AvgIpc) is 2.17. The van der Waals surface area contributed by atoms with Gasteiger partial charge in [-0.15, -0.1) is 0 Å². The van der Waals surface area contributed by atoms with E-state index in [1.807, 2.05) is 0 Å². The van der Waals surface area contributed by atoms with E-state index in [1.54, 1.807) is 6.92 Å².